The third-order valence-corrected chi connectivity index (χ3v) is 4.73. The summed E-state index contributed by atoms with van der Waals surface area (Å²) < 4.78 is 15.8. The Morgan fingerprint density at radius 3 is 2.73 bits per heavy atom. The van der Waals surface area contributed by atoms with Gasteiger partial charge in [0.25, 0.3) is 11.1 Å². The van der Waals surface area contributed by atoms with Gasteiger partial charge in [-0.1, -0.05) is 5.92 Å². The van der Waals surface area contributed by atoms with Crippen molar-refractivity contribution in [2.24, 2.45) is 0 Å². The van der Waals surface area contributed by atoms with E-state index < -0.39 is 23.7 Å². The molecule has 7 nitrogen and oxygen atoms in total. The number of imide groups is 1. The Morgan fingerprint density at radius 1 is 1.38 bits per heavy atom. The molecule has 0 N–H and O–H groups in total. The third-order valence-electron chi connectivity index (χ3n) is 3.24. The van der Waals surface area contributed by atoms with Crippen LogP contribution in [0, 0.1) is 12.3 Å². The van der Waals surface area contributed by atoms with E-state index in [2.05, 4.69) is 26.6 Å². The minimum atomic E-state index is -0.673. The van der Waals surface area contributed by atoms with E-state index in [4.69, 9.17) is 15.9 Å². The van der Waals surface area contributed by atoms with Gasteiger partial charge in [0.05, 0.1) is 23.6 Å². The summed E-state index contributed by atoms with van der Waals surface area (Å²) in [7, 11) is 2.66. The number of carbonyl (C=O) groups excluding carboxylic acids is 3. The lowest BCUT2D eigenvalue weighted by molar-refractivity contribution is -0.143. The number of thioether (sulfide) groups is 1. The molecule has 1 fully saturated rings. The van der Waals surface area contributed by atoms with Crippen LogP contribution in [0.2, 0.25) is 0 Å². The van der Waals surface area contributed by atoms with Crippen LogP contribution in [0.15, 0.2) is 21.5 Å². The molecule has 0 saturated carbocycles. The Hall–Kier alpha value is -2.44. The molecule has 1 aliphatic rings. The first-order valence-electron chi connectivity index (χ1n) is 7.17. The Bertz CT molecular complexity index is 829. The van der Waals surface area contributed by atoms with Gasteiger partial charge in [-0.15, -0.1) is 6.42 Å². The molecule has 0 atom stereocenters. The van der Waals surface area contributed by atoms with E-state index >= 15 is 0 Å². The molecule has 0 aromatic heterocycles. The van der Waals surface area contributed by atoms with Gasteiger partial charge in [0.15, 0.2) is 11.5 Å². The van der Waals surface area contributed by atoms with Crippen LogP contribution in [0.25, 0.3) is 6.08 Å². The summed E-state index contributed by atoms with van der Waals surface area (Å²) in [6, 6.07) is 3.34. The van der Waals surface area contributed by atoms with E-state index in [-0.39, 0.29) is 11.5 Å². The monoisotopic (exact) mass is 439 g/mol. The van der Waals surface area contributed by atoms with Crippen molar-refractivity contribution in [2.45, 2.75) is 0 Å². The quantitative estimate of drug-likeness (QED) is 0.382. The molecule has 1 heterocycles. The lowest BCUT2D eigenvalue weighted by Gasteiger charge is -2.12. The molecular formula is C17H14BrNO6S. The number of nitrogens with zero attached hydrogens (tertiary/aromatic N) is 1. The number of hydrogen-bond donors (Lipinski definition) is 0. The first-order valence-corrected chi connectivity index (χ1v) is 8.78. The highest BCUT2D eigenvalue weighted by atomic mass is 79.9. The van der Waals surface area contributed by atoms with Crippen LogP contribution in [-0.2, 0) is 14.3 Å². The number of terminal acetylenes is 1. The fourth-order valence-electron chi connectivity index (χ4n) is 2.06. The molecule has 9 heteroatoms. The van der Waals surface area contributed by atoms with Crippen molar-refractivity contribution in [2.75, 3.05) is 27.4 Å². The van der Waals surface area contributed by atoms with Crippen molar-refractivity contribution in [3.63, 3.8) is 0 Å². The summed E-state index contributed by atoms with van der Waals surface area (Å²) in [6.45, 7) is -0.356. The number of ether oxygens (including phenoxy) is 3. The van der Waals surface area contributed by atoms with Gasteiger partial charge in [0.1, 0.15) is 13.2 Å². The maximum absolute atomic E-state index is 12.3. The molecule has 136 valence electrons. The fourth-order valence-corrected chi connectivity index (χ4v) is 3.47. The van der Waals surface area contributed by atoms with Crippen LogP contribution < -0.4 is 9.47 Å². The summed E-state index contributed by atoms with van der Waals surface area (Å²) >= 11 is 4.11. The van der Waals surface area contributed by atoms with Gasteiger partial charge in [0.2, 0.25) is 0 Å². The second kappa shape index (κ2) is 8.78. The molecule has 0 radical (unpaired) electrons. The Morgan fingerprint density at radius 2 is 2.12 bits per heavy atom. The summed E-state index contributed by atoms with van der Waals surface area (Å²) in [5.41, 5.74) is 0.602. The largest absolute Gasteiger partial charge is 0.493 e. The first-order chi connectivity index (χ1) is 12.4. The van der Waals surface area contributed by atoms with Gasteiger partial charge < -0.3 is 14.2 Å². The minimum Gasteiger partial charge on any atom is -0.493 e. The predicted molar refractivity (Wildman–Crippen MR) is 99.7 cm³/mol. The van der Waals surface area contributed by atoms with Gasteiger partial charge in [0, 0.05) is 0 Å². The van der Waals surface area contributed by atoms with Gasteiger partial charge in [-0.05, 0) is 51.5 Å². The van der Waals surface area contributed by atoms with E-state index in [1.807, 2.05) is 0 Å². The molecule has 2 rings (SSSR count). The summed E-state index contributed by atoms with van der Waals surface area (Å²) in [5, 5.41) is -0.536. The lowest BCUT2D eigenvalue weighted by Crippen LogP contribution is -2.34. The van der Waals surface area contributed by atoms with Crippen molar-refractivity contribution in [3.8, 4) is 23.8 Å². The topological polar surface area (TPSA) is 82.1 Å². The number of methoxy groups -OCH3 is 2. The molecule has 26 heavy (non-hydrogen) atoms. The van der Waals surface area contributed by atoms with Gasteiger partial charge in [-0.2, -0.15) is 0 Å². The van der Waals surface area contributed by atoms with E-state index in [1.165, 1.54) is 20.3 Å². The average Bonchev–Trinajstić information content (AvgIpc) is 2.87. The Kier molecular flexibility index (Phi) is 6.71. The third kappa shape index (κ3) is 4.39. The molecule has 1 aromatic rings. The van der Waals surface area contributed by atoms with Crippen LogP contribution in [0.4, 0.5) is 4.79 Å². The number of rotatable bonds is 6. The van der Waals surface area contributed by atoms with Crippen molar-refractivity contribution in [1.82, 2.24) is 4.90 Å². The van der Waals surface area contributed by atoms with E-state index in [0.29, 0.717) is 21.5 Å². The number of esters is 1. The highest BCUT2D eigenvalue weighted by Crippen LogP contribution is 2.39. The van der Waals surface area contributed by atoms with Crippen LogP contribution in [0.3, 0.4) is 0 Å². The molecule has 0 aliphatic carbocycles. The zero-order valence-corrected chi connectivity index (χ0v) is 16.3. The number of halogens is 1. The van der Waals surface area contributed by atoms with Crippen molar-refractivity contribution < 1.29 is 28.6 Å². The number of amides is 2. The Balaban J connectivity index is 2.31. The van der Waals surface area contributed by atoms with Crippen LogP contribution in [0.5, 0.6) is 11.5 Å². The van der Waals surface area contributed by atoms with E-state index in [1.54, 1.807) is 12.1 Å². The predicted octanol–water partition coefficient (Wildman–Crippen LogP) is 2.68. The van der Waals surface area contributed by atoms with Crippen LogP contribution in [-0.4, -0.2) is 49.4 Å². The number of carbonyl (C=O) groups is 3. The van der Waals surface area contributed by atoms with E-state index in [0.717, 1.165) is 16.7 Å². The molecular weight excluding hydrogens is 426 g/mol. The van der Waals surface area contributed by atoms with Gasteiger partial charge >= 0.3 is 5.97 Å². The smallest absolute Gasteiger partial charge is 0.325 e. The average molecular weight is 440 g/mol. The zero-order chi connectivity index (χ0) is 19.3. The van der Waals surface area contributed by atoms with Crippen LogP contribution in [0.1, 0.15) is 5.56 Å². The summed E-state index contributed by atoms with van der Waals surface area (Å²) in [5.74, 6) is 1.97. The number of hydrogen-bond acceptors (Lipinski definition) is 7. The zero-order valence-electron chi connectivity index (χ0n) is 13.9. The van der Waals surface area contributed by atoms with Crippen molar-refractivity contribution in [1.29, 1.82) is 0 Å². The molecule has 1 aromatic carbocycles. The molecule has 0 bridgehead atoms. The summed E-state index contributed by atoms with van der Waals surface area (Å²) in [4.78, 5) is 36.6. The molecule has 0 unspecified atom stereocenters. The second-order valence-corrected chi connectivity index (χ2v) is 6.72. The molecule has 2 amide bonds. The Labute approximate surface area is 162 Å². The van der Waals surface area contributed by atoms with E-state index in [9.17, 15) is 14.4 Å². The summed E-state index contributed by atoms with van der Waals surface area (Å²) in [6.07, 6.45) is 6.72. The first kappa shape index (κ1) is 19.9. The standard InChI is InChI=1S/C17H14BrNO6S/c1-4-5-25-15-11(18)6-10(7-12(15)23-2)8-13-16(21)19(17(22)26-13)9-14(20)24-3/h1,6-8H,5,9H2,2-3H3/b13-8-. The van der Waals surface area contributed by atoms with Crippen LogP contribution >= 0.6 is 27.7 Å². The second-order valence-electron chi connectivity index (χ2n) is 4.87. The van der Waals surface area contributed by atoms with Crippen molar-refractivity contribution in [3.05, 3.63) is 27.1 Å². The van der Waals surface area contributed by atoms with Crippen molar-refractivity contribution >= 4 is 50.9 Å². The van der Waals surface area contributed by atoms with Gasteiger partial charge in [-0.3, -0.25) is 19.3 Å². The highest BCUT2D eigenvalue weighted by Gasteiger charge is 2.36. The lowest BCUT2D eigenvalue weighted by atomic mass is 10.2. The molecule has 0 spiro atoms. The SMILES string of the molecule is C#CCOc1c(Br)cc(/C=C2\SC(=O)N(CC(=O)OC)C2=O)cc1OC. The molecule has 1 aliphatic heterocycles. The number of benzene rings is 1. The van der Waals surface area contributed by atoms with Gasteiger partial charge in [-0.25, -0.2) is 0 Å². The highest BCUT2D eigenvalue weighted by molar-refractivity contribution is 9.10. The minimum absolute atomic E-state index is 0.0702. The molecule has 1 saturated heterocycles. The fraction of sp³-hybridized carbons (Fsp3) is 0.235. The normalized spacial score (nSPS) is 15.2. The maximum atomic E-state index is 12.3. The maximum Gasteiger partial charge on any atom is 0.325 e.